The van der Waals surface area contributed by atoms with Crippen molar-refractivity contribution in [1.29, 1.82) is 0 Å². The molecule has 2 aromatic carbocycles. The molecule has 3 aromatic rings. The van der Waals surface area contributed by atoms with Crippen LogP contribution >= 0.6 is 11.6 Å². The largest absolute Gasteiger partial charge is 0.338 e. The summed E-state index contributed by atoms with van der Waals surface area (Å²) >= 11 is 6.08. The number of carbonyl (C=O) groups excluding carboxylic acids is 1. The Morgan fingerprint density at radius 1 is 1.11 bits per heavy atom. The van der Waals surface area contributed by atoms with Gasteiger partial charge in [-0.25, -0.2) is 4.98 Å². The monoisotopic (exact) mass is 381 g/mol. The van der Waals surface area contributed by atoms with E-state index >= 15 is 0 Å². The van der Waals surface area contributed by atoms with Crippen LogP contribution in [0.15, 0.2) is 30.3 Å². The van der Waals surface area contributed by atoms with E-state index in [0.717, 1.165) is 64.9 Å². The second kappa shape index (κ2) is 7.35. The lowest BCUT2D eigenvalue weighted by molar-refractivity contribution is -0.120. The van der Waals surface area contributed by atoms with Crippen molar-refractivity contribution in [2.75, 3.05) is 5.32 Å². The molecule has 4 rings (SSSR count). The van der Waals surface area contributed by atoms with E-state index in [0.29, 0.717) is 5.02 Å². The molecule has 1 aliphatic carbocycles. The summed E-state index contributed by atoms with van der Waals surface area (Å²) in [5.74, 6) is 1.12. The van der Waals surface area contributed by atoms with Crippen molar-refractivity contribution in [1.82, 2.24) is 9.97 Å². The third-order valence-electron chi connectivity index (χ3n) is 5.50. The molecular weight excluding hydrogens is 358 g/mol. The van der Waals surface area contributed by atoms with Crippen LogP contribution in [0, 0.1) is 19.8 Å². The van der Waals surface area contributed by atoms with E-state index in [1.807, 2.05) is 38.1 Å². The number of halogens is 1. The topological polar surface area (TPSA) is 57.8 Å². The molecule has 1 amide bonds. The summed E-state index contributed by atoms with van der Waals surface area (Å²) in [6.45, 7) is 4.07. The van der Waals surface area contributed by atoms with Crippen molar-refractivity contribution in [3.8, 4) is 11.4 Å². The van der Waals surface area contributed by atoms with Crippen LogP contribution in [0.25, 0.3) is 22.4 Å². The molecular formula is C22H24ClN3O. The van der Waals surface area contributed by atoms with E-state index in [1.54, 1.807) is 0 Å². The fraction of sp³-hybridized carbons (Fsp3) is 0.364. The Hall–Kier alpha value is -2.33. The van der Waals surface area contributed by atoms with Gasteiger partial charge in [0.25, 0.3) is 0 Å². The van der Waals surface area contributed by atoms with Crippen LogP contribution < -0.4 is 5.32 Å². The lowest BCUT2D eigenvalue weighted by atomic mass is 9.88. The molecule has 0 spiro atoms. The van der Waals surface area contributed by atoms with Crippen LogP contribution in [0.2, 0.25) is 5.02 Å². The van der Waals surface area contributed by atoms with Gasteiger partial charge in [-0.1, -0.05) is 30.9 Å². The predicted molar refractivity (Wildman–Crippen MR) is 111 cm³/mol. The van der Waals surface area contributed by atoms with Gasteiger partial charge in [0.15, 0.2) is 0 Å². The van der Waals surface area contributed by atoms with E-state index in [9.17, 15) is 4.79 Å². The number of fused-ring (bicyclic) bond motifs is 1. The van der Waals surface area contributed by atoms with E-state index < -0.39 is 0 Å². The zero-order chi connectivity index (χ0) is 19.0. The first-order valence-electron chi connectivity index (χ1n) is 9.59. The minimum absolute atomic E-state index is 0.151. The Labute approximate surface area is 164 Å². The van der Waals surface area contributed by atoms with Crippen LogP contribution in [0.4, 0.5) is 5.69 Å². The number of H-pyrrole nitrogens is 1. The minimum Gasteiger partial charge on any atom is -0.338 e. The Balaban J connectivity index is 1.61. The fourth-order valence-corrected chi connectivity index (χ4v) is 4.09. The average Bonchev–Trinajstić information content (AvgIpc) is 3.08. The van der Waals surface area contributed by atoms with E-state index in [1.165, 1.54) is 6.42 Å². The van der Waals surface area contributed by atoms with Crippen molar-refractivity contribution >= 4 is 34.2 Å². The second-order valence-corrected chi connectivity index (χ2v) is 7.99. The van der Waals surface area contributed by atoms with Gasteiger partial charge >= 0.3 is 0 Å². The highest BCUT2D eigenvalue weighted by Gasteiger charge is 2.22. The van der Waals surface area contributed by atoms with Crippen LogP contribution in [0.1, 0.15) is 43.2 Å². The van der Waals surface area contributed by atoms with E-state index in [2.05, 4.69) is 21.4 Å². The Kier molecular flexibility index (Phi) is 4.92. The normalized spacial score (nSPS) is 15.2. The summed E-state index contributed by atoms with van der Waals surface area (Å²) in [6, 6.07) is 9.78. The summed E-state index contributed by atoms with van der Waals surface area (Å²) < 4.78 is 0. The predicted octanol–water partition coefficient (Wildman–Crippen LogP) is 6.02. The standard InChI is InChI=1S/C22H24ClN3O/c1-13-11-19(26-22(27)15-6-4-3-5-7-15)14(2)10-17(13)21-24-18-9-8-16(23)12-20(18)25-21/h8-12,15H,3-7H2,1-2H3,(H,24,25)(H,26,27). The fourth-order valence-electron chi connectivity index (χ4n) is 3.91. The van der Waals surface area contributed by atoms with Crippen molar-refractivity contribution in [3.05, 3.63) is 46.5 Å². The summed E-state index contributed by atoms with van der Waals surface area (Å²) in [6.07, 6.45) is 5.57. The molecule has 27 heavy (non-hydrogen) atoms. The molecule has 0 bridgehead atoms. The Bertz CT molecular complexity index is 1000. The number of hydrogen-bond donors (Lipinski definition) is 2. The number of imidazole rings is 1. The molecule has 0 saturated heterocycles. The quantitative estimate of drug-likeness (QED) is 0.582. The van der Waals surface area contributed by atoms with Crippen LogP contribution in [0.3, 0.4) is 0 Å². The van der Waals surface area contributed by atoms with Crippen LogP contribution in [-0.4, -0.2) is 15.9 Å². The maximum atomic E-state index is 12.6. The molecule has 0 aliphatic heterocycles. The van der Waals surface area contributed by atoms with E-state index in [4.69, 9.17) is 11.6 Å². The molecule has 1 heterocycles. The zero-order valence-electron chi connectivity index (χ0n) is 15.7. The highest BCUT2D eigenvalue weighted by molar-refractivity contribution is 6.31. The number of nitrogens with zero attached hydrogens (tertiary/aromatic N) is 1. The van der Waals surface area contributed by atoms with Gasteiger partial charge in [0, 0.05) is 22.2 Å². The molecule has 140 valence electrons. The lowest BCUT2D eigenvalue weighted by Crippen LogP contribution is -2.25. The van der Waals surface area contributed by atoms with Gasteiger partial charge in [-0.2, -0.15) is 0 Å². The van der Waals surface area contributed by atoms with Gasteiger partial charge in [-0.3, -0.25) is 4.79 Å². The van der Waals surface area contributed by atoms with Crippen LogP contribution in [-0.2, 0) is 4.79 Å². The van der Waals surface area contributed by atoms with Crippen molar-refractivity contribution in [2.24, 2.45) is 5.92 Å². The third-order valence-corrected chi connectivity index (χ3v) is 5.74. The number of benzene rings is 2. The van der Waals surface area contributed by atoms with Crippen LogP contribution in [0.5, 0.6) is 0 Å². The number of nitrogens with one attached hydrogen (secondary N) is 2. The number of carbonyl (C=O) groups is 1. The molecule has 0 atom stereocenters. The first kappa shape index (κ1) is 18.1. The summed E-state index contributed by atoms with van der Waals surface area (Å²) in [5.41, 5.74) is 5.86. The van der Waals surface area contributed by atoms with Gasteiger partial charge < -0.3 is 10.3 Å². The summed E-state index contributed by atoms with van der Waals surface area (Å²) in [7, 11) is 0. The van der Waals surface area contributed by atoms with Gasteiger partial charge in [-0.05, 0) is 68.1 Å². The molecule has 1 fully saturated rings. The summed E-state index contributed by atoms with van der Waals surface area (Å²) in [5, 5.41) is 3.83. The average molecular weight is 382 g/mol. The molecule has 1 saturated carbocycles. The Morgan fingerprint density at radius 2 is 1.89 bits per heavy atom. The van der Waals surface area contributed by atoms with Crippen molar-refractivity contribution in [3.63, 3.8) is 0 Å². The van der Waals surface area contributed by atoms with Gasteiger partial charge in [0.1, 0.15) is 5.82 Å². The lowest BCUT2D eigenvalue weighted by Gasteiger charge is -2.21. The van der Waals surface area contributed by atoms with Crippen molar-refractivity contribution in [2.45, 2.75) is 46.0 Å². The van der Waals surface area contributed by atoms with Gasteiger partial charge in [-0.15, -0.1) is 0 Å². The molecule has 0 radical (unpaired) electrons. The number of hydrogen-bond acceptors (Lipinski definition) is 2. The highest BCUT2D eigenvalue weighted by atomic mass is 35.5. The van der Waals surface area contributed by atoms with E-state index in [-0.39, 0.29) is 11.8 Å². The number of anilines is 1. The number of amides is 1. The third kappa shape index (κ3) is 3.72. The molecule has 0 unspecified atom stereocenters. The minimum atomic E-state index is 0.151. The molecule has 5 heteroatoms. The smallest absolute Gasteiger partial charge is 0.227 e. The number of aromatic amines is 1. The number of aromatic nitrogens is 2. The number of rotatable bonds is 3. The number of aryl methyl sites for hydroxylation is 2. The Morgan fingerprint density at radius 3 is 2.67 bits per heavy atom. The van der Waals surface area contributed by atoms with Gasteiger partial charge in [0.05, 0.1) is 11.0 Å². The second-order valence-electron chi connectivity index (χ2n) is 7.55. The zero-order valence-corrected chi connectivity index (χ0v) is 16.5. The summed E-state index contributed by atoms with van der Waals surface area (Å²) in [4.78, 5) is 20.6. The highest BCUT2D eigenvalue weighted by Crippen LogP contribution is 2.31. The maximum absolute atomic E-state index is 12.6. The van der Waals surface area contributed by atoms with Crippen molar-refractivity contribution < 1.29 is 4.79 Å². The maximum Gasteiger partial charge on any atom is 0.227 e. The SMILES string of the molecule is Cc1cc(-c2nc3ccc(Cl)cc3[nH]2)c(C)cc1NC(=O)C1CCCCC1. The molecule has 2 N–H and O–H groups in total. The molecule has 1 aliphatic rings. The molecule has 4 nitrogen and oxygen atoms in total. The first-order valence-corrected chi connectivity index (χ1v) is 9.97. The molecule has 1 aromatic heterocycles. The van der Waals surface area contributed by atoms with Gasteiger partial charge in [0.2, 0.25) is 5.91 Å². The first-order chi connectivity index (χ1) is 13.0.